The smallest absolute Gasteiger partial charge is 0.239 e. The predicted octanol–water partition coefficient (Wildman–Crippen LogP) is 2.87. The van der Waals surface area contributed by atoms with Crippen LogP contribution in [0, 0.1) is 3.57 Å². The molecule has 0 aliphatic heterocycles. The summed E-state index contributed by atoms with van der Waals surface area (Å²) in [5, 5.41) is 3.21. The first kappa shape index (κ1) is 12.5. The van der Waals surface area contributed by atoms with E-state index in [9.17, 15) is 0 Å². The second-order valence-corrected chi connectivity index (χ2v) is 5.16. The standard InChI is InChI=1S/C10H9BrIN5/c11-6-5-14-10(17-13)16-9(6)15-8-4-2-1-3-7(8)12/h1-5H,13H2,(H2,14,15,16,17). The van der Waals surface area contributed by atoms with Crippen LogP contribution in [0.15, 0.2) is 34.9 Å². The summed E-state index contributed by atoms with van der Waals surface area (Å²) >= 11 is 5.64. The van der Waals surface area contributed by atoms with E-state index in [2.05, 4.69) is 59.2 Å². The van der Waals surface area contributed by atoms with E-state index in [1.54, 1.807) is 6.20 Å². The maximum atomic E-state index is 5.27. The second-order valence-electron chi connectivity index (χ2n) is 3.14. The lowest BCUT2D eigenvalue weighted by molar-refractivity contribution is 1.11. The van der Waals surface area contributed by atoms with Gasteiger partial charge in [-0.25, -0.2) is 10.8 Å². The lowest BCUT2D eigenvalue weighted by Crippen LogP contribution is -2.11. The van der Waals surface area contributed by atoms with Crippen LogP contribution in [0.3, 0.4) is 0 Å². The fourth-order valence-electron chi connectivity index (χ4n) is 1.21. The molecule has 0 radical (unpaired) electrons. The van der Waals surface area contributed by atoms with Gasteiger partial charge in [0.15, 0.2) is 0 Å². The molecule has 0 fully saturated rings. The first-order chi connectivity index (χ1) is 8.20. The van der Waals surface area contributed by atoms with Crippen molar-refractivity contribution in [3.05, 3.63) is 38.5 Å². The molecule has 17 heavy (non-hydrogen) atoms. The van der Waals surface area contributed by atoms with Crippen LogP contribution in [0.1, 0.15) is 0 Å². The molecule has 2 rings (SSSR count). The van der Waals surface area contributed by atoms with Gasteiger partial charge in [-0.15, -0.1) is 0 Å². The summed E-state index contributed by atoms with van der Waals surface area (Å²) in [6.45, 7) is 0. The number of para-hydroxylation sites is 1. The number of hydrogen-bond donors (Lipinski definition) is 3. The van der Waals surface area contributed by atoms with E-state index in [4.69, 9.17) is 5.84 Å². The van der Waals surface area contributed by atoms with Gasteiger partial charge in [-0.3, -0.25) is 5.43 Å². The number of nitrogens with one attached hydrogen (secondary N) is 2. The van der Waals surface area contributed by atoms with Gasteiger partial charge in [-0.05, 0) is 50.7 Å². The zero-order valence-electron chi connectivity index (χ0n) is 8.61. The molecular formula is C10H9BrIN5. The Morgan fingerprint density at radius 3 is 2.76 bits per heavy atom. The molecule has 7 heteroatoms. The van der Waals surface area contributed by atoms with Crippen molar-refractivity contribution in [2.24, 2.45) is 5.84 Å². The van der Waals surface area contributed by atoms with Crippen LogP contribution >= 0.6 is 38.5 Å². The van der Waals surface area contributed by atoms with Gasteiger partial charge in [0, 0.05) is 9.77 Å². The molecular weight excluding hydrogens is 397 g/mol. The zero-order chi connectivity index (χ0) is 12.3. The van der Waals surface area contributed by atoms with E-state index in [0.717, 1.165) is 13.7 Å². The highest BCUT2D eigenvalue weighted by Crippen LogP contribution is 2.26. The lowest BCUT2D eigenvalue weighted by atomic mass is 10.3. The molecule has 1 aromatic heterocycles. The van der Waals surface area contributed by atoms with Crippen molar-refractivity contribution in [2.75, 3.05) is 10.7 Å². The van der Waals surface area contributed by atoms with Crippen molar-refractivity contribution < 1.29 is 0 Å². The predicted molar refractivity (Wildman–Crippen MR) is 80.0 cm³/mol. The Morgan fingerprint density at radius 2 is 2.06 bits per heavy atom. The monoisotopic (exact) mass is 405 g/mol. The Kier molecular flexibility index (Phi) is 4.13. The van der Waals surface area contributed by atoms with Crippen LogP contribution in [0.2, 0.25) is 0 Å². The minimum Gasteiger partial charge on any atom is -0.338 e. The number of hydrogen-bond acceptors (Lipinski definition) is 5. The number of nitrogens with two attached hydrogens (primary N) is 1. The Bertz CT molecular complexity index is 534. The number of nitrogen functional groups attached to an aromatic ring is 1. The number of aromatic nitrogens is 2. The minimum atomic E-state index is 0.363. The molecule has 5 nitrogen and oxygen atoms in total. The van der Waals surface area contributed by atoms with Crippen molar-refractivity contribution in [1.82, 2.24) is 9.97 Å². The molecule has 1 heterocycles. The molecule has 0 aliphatic rings. The van der Waals surface area contributed by atoms with Crippen molar-refractivity contribution in [3.63, 3.8) is 0 Å². The SMILES string of the molecule is NNc1ncc(Br)c(Nc2ccccc2I)n1. The first-order valence-electron chi connectivity index (χ1n) is 4.71. The van der Waals surface area contributed by atoms with Gasteiger partial charge in [0.1, 0.15) is 5.82 Å². The molecule has 88 valence electrons. The van der Waals surface area contributed by atoms with Crippen LogP contribution in [-0.4, -0.2) is 9.97 Å². The molecule has 2 aromatic rings. The van der Waals surface area contributed by atoms with E-state index in [1.165, 1.54) is 0 Å². The molecule has 0 saturated carbocycles. The Hall–Kier alpha value is -0.930. The lowest BCUT2D eigenvalue weighted by Gasteiger charge is -2.10. The number of halogens is 2. The van der Waals surface area contributed by atoms with Crippen molar-refractivity contribution >= 4 is 56.0 Å². The average molecular weight is 406 g/mol. The number of rotatable bonds is 3. The third kappa shape index (κ3) is 3.05. The van der Waals surface area contributed by atoms with E-state index >= 15 is 0 Å². The van der Waals surface area contributed by atoms with E-state index in [1.807, 2.05) is 24.3 Å². The largest absolute Gasteiger partial charge is 0.338 e. The normalized spacial score (nSPS) is 10.1. The van der Waals surface area contributed by atoms with Gasteiger partial charge in [-0.2, -0.15) is 4.98 Å². The quantitative estimate of drug-likeness (QED) is 0.416. The zero-order valence-corrected chi connectivity index (χ0v) is 12.4. The highest BCUT2D eigenvalue weighted by atomic mass is 127. The van der Waals surface area contributed by atoms with Crippen LogP contribution in [0.5, 0.6) is 0 Å². The third-order valence-electron chi connectivity index (χ3n) is 2.00. The molecule has 0 amide bonds. The van der Waals surface area contributed by atoms with Gasteiger partial charge < -0.3 is 5.32 Å². The van der Waals surface area contributed by atoms with Gasteiger partial charge in [-0.1, -0.05) is 12.1 Å². The summed E-state index contributed by atoms with van der Waals surface area (Å²) in [6.07, 6.45) is 1.64. The van der Waals surface area contributed by atoms with Crippen molar-refractivity contribution in [2.45, 2.75) is 0 Å². The molecule has 0 aliphatic carbocycles. The summed E-state index contributed by atoms with van der Waals surface area (Å²) in [5.74, 6) is 6.30. The number of anilines is 3. The van der Waals surface area contributed by atoms with Crippen LogP contribution < -0.4 is 16.6 Å². The van der Waals surface area contributed by atoms with Crippen molar-refractivity contribution in [3.8, 4) is 0 Å². The molecule has 0 saturated heterocycles. The van der Waals surface area contributed by atoms with Crippen LogP contribution in [0.4, 0.5) is 17.5 Å². The number of benzene rings is 1. The molecule has 0 spiro atoms. The second kappa shape index (κ2) is 5.61. The van der Waals surface area contributed by atoms with Crippen molar-refractivity contribution in [1.29, 1.82) is 0 Å². The fraction of sp³-hybridized carbons (Fsp3) is 0. The van der Waals surface area contributed by atoms with E-state index in [-0.39, 0.29) is 0 Å². The van der Waals surface area contributed by atoms with Gasteiger partial charge in [0.05, 0.1) is 10.2 Å². The Morgan fingerprint density at radius 1 is 1.29 bits per heavy atom. The maximum absolute atomic E-state index is 5.27. The summed E-state index contributed by atoms with van der Waals surface area (Å²) in [4.78, 5) is 8.20. The molecule has 1 aromatic carbocycles. The summed E-state index contributed by atoms with van der Waals surface area (Å²) in [5.41, 5.74) is 3.39. The van der Waals surface area contributed by atoms with E-state index in [0.29, 0.717) is 11.8 Å². The first-order valence-corrected chi connectivity index (χ1v) is 6.58. The Balaban J connectivity index is 2.32. The number of hydrazine groups is 1. The summed E-state index contributed by atoms with van der Waals surface area (Å²) < 4.78 is 1.88. The topological polar surface area (TPSA) is 75.9 Å². The highest BCUT2D eigenvalue weighted by Gasteiger charge is 2.06. The number of nitrogens with zero attached hydrogens (tertiary/aromatic N) is 2. The van der Waals surface area contributed by atoms with Crippen LogP contribution in [0.25, 0.3) is 0 Å². The molecule has 0 atom stereocenters. The average Bonchev–Trinajstić information content (AvgIpc) is 2.35. The highest BCUT2D eigenvalue weighted by molar-refractivity contribution is 14.1. The summed E-state index contributed by atoms with van der Waals surface area (Å²) in [7, 11) is 0. The van der Waals surface area contributed by atoms with Gasteiger partial charge in [0.2, 0.25) is 5.95 Å². The molecule has 0 unspecified atom stereocenters. The van der Waals surface area contributed by atoms with Gasteiger partial charge >= 0.3 is 0 Å². The van der Waals surface area contributed by atoms with E-state index < -0.39 is 0 Å². The van der Waals surface area contributed by atoms with Gasteiger partial charge in [0.25, 0.3) is 0 Å². The Labute approximate surface area is 120 Å². The molecule has 0 bridgehead atoms. The summed E-state index contributed by atoms with van der Waals surface area (Å²) in [6, 6.07) is 7.93. The maximum Gasteiger partial charge on any atom is 0.239 e. The molecule has 4 N–H and O–H groups in total. The fourth-order valence-corrected chi connectivity index (χ4v) is 2.03. The third-order valence-corrected chi connectivity index (χ3v) is 3.52. The minimum absolute atomic E-state index is 0.363. The van der Waals surface area contributed by atoms with Crippen LogP contribution in [-0.2, 0) is 0 Å².